The highest BCUT2D eigenvalue weighted by molar-refractivity contribution is 5.91. The van der Waals surface area contributed by atoms with Gasteiger partial charge in [-0.25, -0.2) is 0 Å². The van der Waals surface area contributed by atoms with Crippen LogP contribution in [0.25, 0.3) is 0 Å². The van der Waals surface area contributed by atoms with Crippen molar-refractivity contribution in [1.82, 2.24) is 5.32 Å². The number of benzene rings is 1. The average molecular weight is 264 g/mol. The Bertz CT molecular complexity index is 435. The van der Waals surface area contributed by atoms with E-state index in [1.165, 1.54) is 0 Å². The van der Waals surface area contributed by atoms with Gasteiger partial charge in [-0.15, -0.1) is 0 Å². The molecule has 5 nitrogen and oxygen atoms in total. The maximum absolute atomic E-state index is 11.6. The van der Waals surface area contributed by atoms with Crippen molar-refractivity contribution in [2.24, 2.45) is 0 Å². The molecule has 1 aromatic rings. The number of hydrogen-bond acceptors (Lipinski definition) is 4. The summed E-state index contributed by atoms with van der Waals surface area (Å²) in [7, 11) is 0. The molecule has 2 rings (SSSR count). The number of carbonyl (C=O) groups excluding carboxylic acids is 1. The average Bonchev–Trinajstić information content (AvgIpc) is 2.63. The van der Waals surface area contributed by atoms with Crippen LogP contribution in [0.15, 0.2) is 18.2 Å². The van der Waals surface area contributed by atoms with Crippen LogP contribution >= 0.6 is 0 Å². The van der Waals surface area contributed by atoms with Crippen LogP contribution in [-0.2, 0) is 16.1 Å². The summed E-state index contributed by atoms with van der Waals surface area (Å²) in [6, 6.07) is 5.68. The summed E-state index contributed by atoms with van der Waals surface area (Å²) >= 11 is 0. The molecule has 19 heavy (non-hydrogen) atoms. The van der Waals surface area contributed by atoms with Crippen molar-refractivity contribution in [1.29, 1.82) is 0 Å². The molecule has 5 heteroatoms. The number of rotatable bonds is 5. The van der Waals surface area contributed by atoms with Gasteiger partial charge < -0.3 is 20.1 Å². The van der Waals surface area contributed by atoms with E-state index >= 15 is 0 Å². The second kappa shape index (κ2) is 7.11. The first-order valence-electron chi connectivity index (χ1n) is 6.63. The second-order valence-electron chi connectivity index (χ2n) is 4.45. The molecule has 0 aromatic heterocycles. The molecule has 0 bridgehead atoms. The summed E-state index contributed by atoms with van der Waals surface area (Å²) in [4.78, 5) is 11.6. The number of anilines is 1. The molecule has 1 aliphatic heterocycles. The topological polar surface area (TPSA) is 59.6 Å². The lowest BCUT2D eigenvalue weighted by molar-refractivity contribution is -0.120. The highest BCUT2D eigenvalue weighted by atomic mass is 16.5. The number of fused-ring (bicyclic) bond motifs is 1. The van der Waals surface area contributed by atoms with E-state index in [-0.39, 0.29) is 12.5 Å². The van der Waals surface area contributed by atoms with Gasteiger partial charge in [0, 0.05) is 30.9 Å². The van der Waals surface area contributed by atoms with Gasteiger partial charge in [0.1, 0.15) is 19.0 Å². The van der Waals surface area contributed by atoms with Crippen molar-refractivity contribution >= 4 is 11.6 Å². The Morgan fingerprint density at radius 1 is 1.53 bits per heavy atom. The van der Waals surface area contributed by atoms with E-state index in [4.69, 9.17) is 9.47 Å². The third-order valence-electron chi connectivity index (χ3n) is 2.78. The summed E-state index contributed by atoms with van der Waals surface area (Å²) in [6.07, 6.45) is 0.912. The first-order valence-corrected chi connectivity index (χ1v) is 6.63. The van der Waals surface area contributed by atoms with Crippen molar-refractivity contribution in [3.05, 3.63) is 23.8 Å². The van der Waals surface area contributed by atoms with Crippen molar-refractivity contribution in [2.45, 2.75) is 19.9 Å². The quantitative estimate of drug-likeness (QED) is 0.792. The summed E-state index contributed by atoms with van der Waals surface area (Å²) in [5.74, 6) is 0.751. The molecule has 0 aliphatic carbocycles. The van der Waals surface area contributed by atoms with Crippen LogP contribution < -0.4 is 15.4 Å². The van der Waals surface area contributed by atoms with Gasteiger partial charge in [-0.2, -0.15) is 0 Å². The lowest BCUT2D eigenvalue weighted by atomic mass is 10.1. The smallest absolute Gasteiger partial charge is 0.250 e. The van der Waals surface area contributed by atoms with Crippen LogP contribution in [0.5, 0.6) is 5.75 Å². The number of ether oxygens (including phenoxy) is 2. The third-order valence-corrected chi connectivity index (χ3v) is 2.78. The van der Waals surface area contributed by atoms with Crippen molar-refractivity contribution < 1.29 is 14.3 Å². The molecule has 0 saturated heterocycles. The Balaban J connectivity index is 1.94. The Labute approximate surface area is 113 Å². The molecule has 104 valence electrons. The Morgan fingerprint density at radius 2 is 2.42 bits per heavy atom. The first-order chi connectivity index (χ1) is 9.29. The minimum Gasteiger partial charge on any atom is -0.492 e. The number of hydrogen-bond donors (Lipinski definition) is 2. The van der Waals surface area contributed by atoms with Gasteiger partial charge >= 0.3 is 0 Å². The normalized spacial score (nSPS) is 14.2. The van der Waals surface area contributed by atoms with E-state index < -0.39 is 0 Å². The van der Waals surface area contributed by atoms with Crippen LogP contribution in [0.2, 0.25) is 0 Å². The number of nitrogens with one attached hydrogen (secondary N) is 2. The fourth-order valence-electron chi connectivity index (χ4n) is 1.90. The molecule has 0 radical (unpaired) electrons. The SMILES string of the molecule is CCCOCC(=O)Nc1ccc2c(c1)CNCCO2. The van der Waals surface area contributed by atoms with Gasteiger partial charge in [-0.1, -0.05) is 6.92 Å². The zero-order valence-corrected chi connectivity index (χ0v) is 11.2. The lowest BCUT2D eigenvalue weighted by Crippen LogP contribution is -2.19. The highest BCUT2D eigenvalue weighted by Crippen LogP contribution is 2.24. The van der Waals surface area contributed by atoms with Crippen LogP contribution in [-0.4, -0.2) is 32.3 Å². The molecule has 0 atom stereocenters. The minimum atomic E-state index is -0.129. The fraction of sp³-hybridized carbons (Fsp3) is 0.500. The van der Waals surface area contributed by atoms with Gasteiger partial charge in [0.2, 0.25) is 5.91 Å². The van der Waals surface area contributed by atoms with E-state index in [0.29, 0.717) is 13.2 Å². The van der Waals surface area contributed by atoms with Crippen LogP contribution in [0.3, 0.4) is 0 Å². The molecular formula is C14H20N2O3. The molecular weight excluding hydrogens is 244 g/mol. The van der Waals surface area contributed by atoms with Gasteiger partial charge in [-0.05, 0) is 24.6 Å². The summed E-state index contributed by atoms with van der Waals surface area (Å²) in [6.45, 7) is 4.97. The largest absolute Gasteiger partial charge is 0.492 e. The summed E-state index contributed by atoms with van der Waals surface area (Å²) < 4.78 is 10.8. The highest BCUT2D eigenvalue weighted by Gasteiger charge is 2.10. The van der Waals surface area contributed by atoms with Crippen molar-refractivity contribution in [3.8, 4) is 5.75 Å². The Morgan fingerprint density at radius 3 is 3.26 bits per heavy atom. The zero-order chi connectivity index (χ0) is 13.5. The Kier molecular flexibility index (Phi) is 5.18. The number of amides is 1. The second-order valence-corrected chi connectivity index (χ2v) is 4.45. The van der Waals surface area contributed by atoms with Crippen LogP contribution in [0.4, 0.5) is 5.69 Å². The zero-order valence-electron chi connectivity index (χ0n) is 11.2. The predicted octanol–water partition coefficient (Wildman–Crippen LogP) is 1.53. The number of carbonyl (C=O) groups is 1. The Hall–Kier alpha value is -1.59. The lowest BCUT2D eigenvalue weighted by Gasteiger charge is -2.10. The molecule has 0 unspecified atom stereocenters. The van der Waals surface area contributed by atoms with Gasteiger partial charge in [0.25, 0.3) is 0 Å². The van der Waals surface area contributed by atoms with Gasteiger partial charge in [0.15, 0.2) is 0 Å². The van der Waals surface area contributed by atoms with E-state index in [1.54, 1.807) is 0 Å². The van der Waals surface area contributed by atoms with E-state index in [1.807, 2.05) is 25.1 Å². The molecule has 1 amide bonds. The van der Waals surface area contributed by atoms with Crippen LogP contribution in [0, 0.1) is 0 Å². The summed E-state index contributed by atoms with van der Waals surface area (Å²) in [5.41, 5.74) is 1.83. The molecule has 1 aliphatic rings. The molecule has 2 N–H and O–H groups in total. The van der Waals surface area contributed by atoms with Crippen molar-refractivity contribution in [3.63, 3.8) is 0 Å². The summed E-state index contributed by atoms with van der Waals surface area (Å²) in [5, 5.41) is 6.09. The molecule has 1 aromatic carbocycles. The third kappa shape index (κ3) is 4.22. The first kappa shape index (κ1) is 13.8. The van der Waals surface area contributed by atoms with E-state index in [2.05, 4.69) is 10.6 Å². The van der Waals surface area contributed by atoms with E-state index in [0.717, 1.165) is 36.5 Å². The predicted molar refractivity (Wildman–Crippen MR) is 73.4 cm³/mol. The minimum absolute atomic E-state index is 0.0969. The molecule has 0 spiro atoms. The maximum atomic E-state index is 11.6. The molecule has 1 heterocycles. The van der Waals surface area contributed by atoms with Crippen LogP contribution in [0.1, 0.15) is 18.9 Å². The molecule has 0 fully saturated rings. The van der Waals surface area contributed by atoms with Gasteiger partial charge in [0.05, 0.1) is 0 Å². The van der Waals surface area contributed by atoms with Crippen molar-refractivity contribution in [2.75, 3.05) is 31.7 Å². The fourth-order valence-corrected chi connectivity index (χ4v) is 1.90. The molecule has 0 saturated carbocycles. The van der Waals surface area contributed by atoms with E-state index in [9.17, 15) is 4.79 Å². The van der Waals surface area contributed by atoms with Gasteiger partial charge in [-0.3, -0.25) is 4.79 Å². The maximum Gasteiger partial charge on any atom is 0.250 e. The monoisotopic (exact) mass is 264 g/mol. The standard InChI is InChI=1S/C14H20N2O3/c1-2-6-18-10-14(17)16-12-3-4-13-11(8-12)9-15-5-7-19-13/h3-4,8,15H,2,5-7,9-10H2,1H3,(H,16,17).